The topological polar surface area (TPSA) is 43.8 Å². The third-order valence-electron chi connectivity index (χ3n) is 1.66. The Bertz CT molecular complexity index is 222. The first kappa shape index (κ1) is 9.61. The van der Waals surface area contributed by atoms with Crippen LogP contribution in [-0.2, 0) is 6.54 Å². The molecule has 0 radical (unpaired) electrons. The van der Waals surface area contributed by atoms with Crippen LogP contribution in [0.25, 0.3) is 0 Å². The molecule has 3 nitrogen and oxygen atoms in total. The van der Waals surface area contributed by atoms with Gasteiger partial charge < -0.3 is 10.3 Å². The second-order valence-corrected chi connectivity index (χ2v) is 3.79. The molecule has 0 bridgehead atoms. The molecule has 0 amide bonds. The lowest BCUT2D eigenvalue weighted by Gasteiger charge is -2.03. The van der Waals surface area contributed by atoms with Crippen LogP contribution in [0.5, 0.6) is 0 Å². The Balaban J connectivity index is 2.20. The van der Waals surface area contributed by atoms with E-state index in [0.717, 1.165) is 30.4 Å². The summed E-state index contributed by atoms with van der Waals surface area (Å²) in [6.07, 6.45) is 3.85. The Morgan fingerprint density at radius 2 is 2.42 bits per heavy atom. The quantitative estimate of drug-likeness (QED) is 0.693. The summed E-state index contributed by atoms with van der Waals surface area (Å²) in [6, 6.07) is 0. The molecule has 0 aliphatic heterocycles. The van der Waals surface area contributed by atoms with Crippen molar-refractivity contribution in [3.05, 3.63) is 18.2 Å². The molecule has 0 spiro atoms. The molecule has 0 aromatic carbocycles. The third kappa shape index (κ3) is 2.87. The van der Waals surface area contributed by atoms with Gasteiger partial charge in [-0.1, -0.05) is 0 Å². The second-order valence-electron chi connectivity index (χ2n) is 2.57. The first-order valence-electron chi connectivity index (χ1n) is 4.10. The predicted molar refractivity (Wildman–Crippen MR) is 53.3 cm³/mol. The highest BCUT2D eigenvalue weighted by molar-refractivity contribution is 7.99. The number of rotatable bonds is 5. The largest absolute Gasteiger partial charge is 0.334 e. The molecule has 0 atom stereocenters. The summed E-state index contributed by atoms with van der Waals surface area (Å²) in [4.78, 5) is 4.14. The zero-order valence-corrected chi connectivity index (χ0v) is 8.18. The molecule has 0 aliphatic rings. The Morgan fingerprint density at radius 3 is 3.00 bits per heavy atom. The van der Waals surface area contributed by atoms with Crippen molar-refractivity contribution in [1.82, 2.24) is 9.55 Å². The van der Waals surface area contributed by atoms with Crippen LogP contribution in [0, 0.1) is 6.92 Å². The Kier molecular flexibility index (Phi) is 4.18. The minimum absolute atomic E-state index is 0.771. The van der Waals surface area contributed by atoms with Gasteiger partial charge >= 0.3 is 0 Å². The number of nitrogens with two attached hydrogens (primary N) is 1. The lowest BCUT2D eigenvalue weighted by atomic mass is 10.6. The van der Waals surface area contributed by atoms with E-state index in [2.05, 4.69) is 9.55 Å². The normalized spacial score (nSPS) is 10.5. The van der Waals surface area contributed by atoms with Crippen molar-refractivity contribution in [2.75, 3.05) is 18.1 Å². The summed E-state index contributed by atoms with van der Waals surface area (Å²) < 4.78 is 2.16. The van der Waals surface area contributed by atoms with Gasteiger partial charge in [-0.2, -0.15) is 11.8 Å². The van der Waals surface area contributed by atoms with E-state index in [9.17, 15) is 0 Å². The maximum absolute atomic E-state index is 5.38. The molecule has 0 aliphatic carbocycles. The zero-order chi connectivity index (χ0) is 8.81. The van der Waals surface area contributed by atoms with E-state index in [1.807, 2.05) is 31.1 Å². The molecular formula is C8H15N3S. The van der Waals surface area contributed by atoms with Crippen molar-refractivity contribution in [1.29, 1.82) is 0 Å². The first-order valence-corrected chi connectivity index (χ1v) is 5.25. The van der Waals surface area contributed by atoms with Gasteiger partial charge in [-0.3, -0.25) is 0 Å². The molecular weight excluding hydrogens is 170 g/mol. The molecule has 12 heavy (non-hydrogen) atoms. The van der Waals surface area contributed by atoms with Crippen LogP contribution in [0.2, 0.25) is 0 Å². The van der Waals surface area contributed by atoms with Gasteiger partial charge in [0.25, 0.3) is 0 Å². The molecule has 0 fully saturated rings. The van der Waals surface area contributed by atoms with Crippen molar-refractivity contribution in [2.24, 2.45) is 5.73 Å². The van der Waals surface area contributed by atoms with E-state index in [1.54, 1.807) is 0 Å². The second kappa shape index (κ2) is 5.22. The van der Waals surface area contributed by atoms with Crippen LogP contribution in [-0.4, -0.2) is 27.6 Å². The van der Waals surface area contributed by atoms with Gasteiger partial charge in [-0.25, -0.2) is 4.98 Å². The van der Waals surface area contributed by atoms with Crippen molar-refractivity contribution in [3.63, 3.8) is 0 Å². The molecule has 4 heteroatoms. The minimum atomic E-state index is 0.771. The Labute approximate surface area is 77.4 Å². The summed E-state index contributed by atoms with van der Waals surface area (Å²) in [6.45, 7) is 3.83. The van der Waals surface area contributed by atoms with Crippen LogP contribution in [0.4, 0.5) is 0 Å². The monoisotopic (exact) mass is 185 g/mol. The summed E-state index contributed by atoms with van der Waals surface area (Å²) in [7, 11) is 0. The zero-order valence-electron chi connectivity index (χ0n) is 7.36. The number of aromatic nitrogens is 2. The first-order chi connectivity index (χ1) is 5.84. The van der Waals surface area contributed by atoms with E-state index >= 15 is 0 Å². The highest BCUT2D eigenvalue weighted by atomic mass is 32.2. The number of hydrogen-bond acceptors (Lipinski definition) is 3. The van der Waals surface area contributed by atoms with Crippen LogP contribution in [0.15, 0.2) is 12.4 Å². The molecule has 1 aromatic rings. The summed E-state index contributed by atoms with van der Waals surface area (Å²) in [5.74, 6) is 3.26. The number of aryl methyl sites for hydroxylation is 2. The number of imidazole rings is 1. The van der Waals surface area contributed by atoms with Gasteiger partial charge in [0.2, 0.25) is 0 Å². The number of thioether (sulfide) groups is 1. The average molecular weight is 185 g/mol. The maximum Gasteiger partial charge on any atom is 0.105 e. The van der Waals surface area contributed by atoms with E-state index in [0.29, 0.717) is 0 Å². The average Bonchev–Trinajstić information content (AvgIpc) is 2.46. The Hall–Kier alpha value is -0.480. The molecule has 68 valence electrons. The van der Waals surface area contributed by atoms with Crippen LogP contribution in [0.3, 0.4) is 0 Å². The number of nitrogens with zero attached hydrogens (tertiary/aromatic N) is 2. The fourth-order valence-corrected chi connectivity index (χ4v) is 1.68. The molecule has 0 saturated heterocycles. The van der Waals surface area contributed by atoms with Crippen molar-refractivity contribution < 1.29 is 0 Å². The lowest BCUT2D eigenvalue weighted by Crippen LogP contribution is -2.05. The molecule has 1 rings (SSSR count). The number of hydrogen-bond donors (Lipinski definition) is 1. The standard InChI is InChI=1S/C8H15N3S/c1-8-10-3-4-11(8)5-7-12-6-2-9/h3-4H,2,5-7,9H2,1H3. The molecule has 1 heterocycles. The van der Waals surface area contributed by atoms with E-state index in [4.69, 9.17) is 5.73 Å². The predicted octanol–water partition coefficient (Wildman–Crippen LogP) is 0.883. The van der Waals surface area contributed by atoms with Gasteiger partial charge in [0.1, 0.15) is 5.82 Å². The minimum Gasteiger partial charge on any atom is -0.334 e. The molecule has 0 saturated carbocycles. The van der Waals surface area contributed by atoms with Gasteiger partial charge in [0, 0.05) is 37.0 Å². The third-order valence-corrected chi connectivity index (χ3v) is 2.66. The van der Waals surface area contributed by atoms with E-state index < -0.39 is 0 Å². The molecule has 1 aromatic heterocycles. The molecule has 2 N–H and O–H groups in total. The van der Waals surface area contributed by atoms with Crippen molar-refractivity contribution >= 4 is 11.8 Å². The lowest BCUT2D eigenvalue weighted by molar-refractivity contribution is 0.738. The van der Waals surface area contributed by atoms with Gasteiger partial charge in [0.05, 0.1) is 0 Å². The highest BCUT2D eigenvalue weighted by Crippen LogP contribution is 2.01. The van der Waals surface area contributed by atoms with Gasteiger partial charge in [-0.05, 0) is 6.92 Å². The summed E-state index contributed by atoms with van der Waals surface area (Å²) >= 11 is 1.89. The fourth-order valence-electron chi connectivity index (χ4n) is 0.988. The summed E-state index contributed by atoms with van der Waals surface area (Å²) in [5, 5.41) is 0. The van der Waals surface area contributed by atoms with Crippen LogP contribution in [0.1, 0.15) is 5.82 Å². The van der Waals surface area contributed by atoms with Gasteiger partial charge in [-0.15, -0.1) is 0 Å². The SMILES string of the molecule is Cc1nccn1CCSCCN. The van der Waals surface area contributed by atoms with Gasteiger partial charge in [0.15, 0.2) is 0 Å². The smallest absolute Gasteiger partial charge is 0.105 e. The van der Waals surface area contributed by atoms with Crippen LogP contribution < -0.4 is 5.73 Å². The van der Waals surface area contributed by atoms with Crippen LogP contribution >= 0.6 is 11.8 Å². The highest BCUT2D eigenvalue weighted by Gasteiger charge is 1.95. The maximum atomic E-state index is 5.38. The van der Waals surface area contributed by atoms with Crippen molar-refractivity contribution in [3.8, 4) is 0 Å². The van der Waals surface area contributed by atoms with E-state index in [1.165, 1.54) is 0 Å². The van der Waals surface area contributed by atoms with E-state index in [-0.39, 0.29) is 0 Å². The molecule has 0 unspecified atom stereocenters. The summed E-state index contributed by atoms with van der Waals surface area (Å²) in [5.41, 5.74) is 5.38. The fraction of sp³-hybridized carbons (Fsp3) is 0.625. The van der Waals surface area contributed by atoms with Crippen molar-refractivity contribution in [2.45, 2.75) is 13.5 Å². The Morgan fingerprint density at radius 1 is 1.58 bits per heavy atom.